The van der Waals surface area contributed by atoms with E-state index in [9.17, 15) is 33.6 Å². The van der Waals surface area contributed by atoms with Gasteiger partial charge in [-0.15, -0.1) is 0 Å². The van der Waals surface area contributed by atoms with Crippen molar-refractivity contribution in [2.75, 3.05) is 13.1 Å². The van der Waals surface area contributed by atoms with Gasteiger partial charge < -0.3 is 49.1 Å². The molecule has 2 aromatic carbocycles. The van der Waals surface area contributed by atoms with Crippen molar-refractivity contribution >= 4 is 47.3 Å². The molecule has 17 heteroatoms. The summed E-state index contributed by atoms with van der Waals surface area (Å²) < 4.78 is 0. The quantitative estimate of drug-likeness (QED) is 0.0411. The molecule has 0 heterocycles. The van der Waals surface area contributed by atoms with E-state index in [4.69, 9.17) is 22.6 Å². The van der Waals surface area contributed by atoms with Crippen LogP contribution in [0.1, 0.15) is 49.0 Å². The molecule has 7 amide bonds. The van der Waals surface area contributed by atoms with Gasteiger partial charge in [-0.1, -0.05) is 62.4 Å². The SMILES string of the molecule is CC(C)C(NC(=O)CNC(=O)[C@H](CC(N)=O)NC(=O)[C@H](CCCNC(=N)N)NC(=O)[C@H](Cc1ccccc1)NC(=O)c1ccccc1)C(N)=O. The van der Waals surface area contributed by atoms with Gasteiger partial charge in [-0.05, 0) is 36.5 Å². The highest BCUT2D eigenvalue weighted by Crippen LogP contribution is 2.08. The monoisotopic (exact) mass is 694 g/mol. The second-order valence-electron chi connectivity index (χ2n) is 11.8. The summed E-state index contributed by atoms with van der Waals surface area (Å²) in [6.07, 6.45) is -0.361. The van der Waals surface area contributed by atoms with E-state index in [0.29, 0.717) is 5.56 Å². The number of primary amides is 2. The standard InChI is InChI=1S/C33H46N10O7/c1-19(2)27(28(35)46)43-26(45)18-39-30(48)24(17-25(34)44)42-31(49)22(14-9-15-38-33(36)37)40-32(50)23(16-20-10-5-3-6-11-20)41-29(47)21-12-7-4-8-13-21/h3-8,10-13,19,22-24,27H,9,14-18H2,1-2H3,(H2,34,44)(H2,35,46)(H,39,48)(H,40,50)(H,41,47)(H,42,49)(H,43,45)(H4,36,37,38)/t22-,23-,24-,27?/m0/s1. The largest absolute Gasteiger partial charge is 0.370 e. The molecular weight excluding hydrogens is 648 g/mol. The van der Waals surface area contributed by atoms with Crippen LogP contribution in [0.3, 0.4) is 0 Å². The molecule has 270 valence electrons. The van der Waals surface area contributed by atoms with Crippen LogP contribution in [-0.4, -0.2) is 84.6 Å². The molecule has 0 radical (unpaired) electrons. The highest BCUT2D eigenvalue weighted by Gasteiger charge is 2.31. The lowest BCUT2D eigenvalue weighted by Gasteiger charge is -2.25. The van der Waals surface area contributed by atoms with E-state index in [1.807, 2.05) is 0 Å². The Balaban J connectivity index is 2.26. The van der Waals surface area contributed by atoms with Crippen LogP contribution in [0.15, 0.2) is 60.7 Å². The molecule has 2 rings (SSSR count). The second-order valence-corrected chi connectivity index (χ2v) is 11.8. The number of benzene rings is 2. The molecule has 4 atom stereocenters. The first kappa shape index (κ1) is 40.2. The zero-order chi connectivity index (χ0) is 37.2. The molecule has 2 aromatic rings. The minimum absolute atomic E-state index is 0.0143. The summed E-state index contributed by atoms with van der Waals surface area (Å²) in [5, 5.41) is 22.4. The summed E-state index contributed by atoms with van der Waals surface area (Å²) >= 11 is 0. The van der Waals surface area contributed by atoms with Gasteiger partial charge in [0.05, 0.1) is 13.0 Å². The van der Waals surface area contributed by atoms with Gasteiger partial charge in [0, 0.05) is 18.5 Å². The minimum Gasteiger partial charge on any atom is -0.370 e. The molecule has 1 unspecified atom stereocenters. The van der Waals surface area contributed by atoms with Crippen LogP contribution in [0.4, 0.5) is 0 Å². The number of nitrogens with two attached hydrogens (primary N) is 3. The van der Waals surface area contributed by atoms with Crippen molar-refractivity contribution in [1.29, 1.82) is 5.41 Å². The summed E-state index contributed by atoms with van der Waals surface area (Å²) in [4.78, 5) is 89.3. The van der Waals surface area contributed by atoms with Crippen molar-refractivity contribution in [1.82, 2.24) is 31.9 Å². The smallest absolute Gasteiger partial charge is 0.251 e. The van der Waals surface area contributed by atoms with Gasteiger partial charge in [0.1, 0.15) is 24.2 Å². The predicted molar refractivity (Wildman–Crippen MR) is 184 cm³/mol. The first-order chi connectivity index (χ1) is 23.7. The predicted octanol–water partition coefficient (Wildman–Crippen LogP) is -2.12. The molecule has 17 nitrogen and oxygen atoms in total. The van der Waals surface area contributed by atoms with Gasteiger partial charge in [0.25, 0.3) is 5.91 Å². The Labute approximate surface area is 289 Å². The van der Waals surface area contributed by atoms with Gasteiger partial charge in [0.2, 0.25) is 35.4 Å². The highest BCUT2D eigenvalue weighted by atomic mass is 16.2. The lowest BCUT2D eigenvalue weighted by molar-refractivity contribution is -0.134. The van der Waals surface area contributed by atoms with Gasteiger partial charge in [-0.25, -0.2) is 0 Å². The van der Waals surface area contributed by atoms with Gasteiger partial charge in [-0.3, -0.25) is 39.0 Å². The third-order valence-corrected chi connectivity index (χ3v) is 7.31. The molecule has 0 saturated carbocycles. The van der Waals surface area contributed by atoms with Gasteiger partial charge >= 0.3 is 0 Å². The molecule has 0 fully saturated rings. The van der Waals surface area contributed by atoms with Crippen LogP contribution in [0.5, 0.6) is 0 Å². The summed E-state index contributed by atoms with van der Waals surface area (Å²) in [7, 11) is 0. The third kappa shape index (κ3) is 14.4. The number of carbonyl (C=O) groups excluding carboxylic acids is 7. The maximum absolute atomic E-state index is 13.7. The van der Waals surface area contributed by atoms with Crippen molar-refractivity contribution in [3.05, 3.63) is 71.8 Å². The van der Waals surface area contributed by atoms with Crippen molar-refractivity contribution in [2.45, 2.75) is 63.7 Å². The Morgan fingerprint density at radius 3 is 1.84 bits per heavy atom. The van der Waals surface area contributed by atoms with E-state index >= 15 is 0 Å². The molecule has 50 heavy (non-hydrogen) atoms. The number of nitrogens with one attached hydrogen (secondary N) is 7. The van der Waals surface area contributed by atoms with Crippen LogP contribution in [0, 0.1) is 11.3 Å². The lowest BCUT2D eigenvalue weighted by atomic mass is 10.0. The molecule has 0 aliphatic rings. The van der Waals surface area contributed by atoms with Crippen LogP contribution in [-0.2, 0) is 35.2 Å². The van der Waals surface area contributed by atoms with E-state index in [1.165, 1.54) is 0 Å². The molecule has 0 aliphatic carbocycles. The number of rotatable bonds is 20. The molecule has 0 spiro atoms. The van der Waals surface area contributed by atoms with E-state index in [-0.39, 0.29) is 37.7 Å². The lowest BCUT2D eigenvalue weighted by Crippen LogP contribution is -2.58. The van der Waals surface area contributed by atoms with Gasteiger partial charge in [-0.2, -0.15) is 0 Å². The summed E-state index contributed by atoms with van der Waals surface area (Å²) in [6.45, 7) is 2.88. The van der Waals surface area contributed by atoms with Crippen molar-refractivity contribution in [3.8, 4) is 0 Å². The molecule has 13 N–H and O–H groups in total. The maximum atomic E-state index is 13.7. The van der Waals surface area contributed by atoms with E-state index in [2.05, 4.69) is 31.9 Å². The van der Waals surface area contributed by atoms with Crippen LogP contribution < -0.4 is 49.1 Å². The van der Waals surface area contributed by atoms with E-state index in [0.717, 1.165) is 5.56 Å². The van der Waals surface area contributed by atoms with Crippen molar-refractivity contribution in [3.63, 3.8) is 0 Å². The third-order valence-electron chi connectivity index (χ3n) is 7.31. The number of guanidine groups is 1. The summed E-state index contributed by atoms with van der Waals surface area (Å²) in [5.41, 5.74) is 17.0. The Hall–Kier alpha value is -6.00. The fourth-order valence-electron chi connectivity index (χ4n) is 4.72. The average Bonchev–Trinajstić information content (AvgIpc) is 3.06. The topological polar surface area (TPSA) is 294 Å². The number of hydrogen-bond acceptors (Lipinski definition) is 8. The average molecular weight is 695 g/mol. The fourth-order valence-corrected chi connectivity index (χ4v) is 4.72. The molecule has 0 saturated heterocycles. The zero-order valence-electron chi connectivity index (χ0n) is 28.0. The van der Waals surface area contributed by atoms with E-state index < -0.39 is 78.5 Å². The first-order valence-electron chi connectivity index (χ1n) is 15.9. The second kappa shape index (κ2) is 20.4. The molecule has 0 aliphatic heterocycles. The van der Waals surface area contributed by atoms with Crippen LogP contribution in [0.25, 0.3) is 0 Å². The normalized spacial score (nSPS) is 13.0. The molecular formula is C33H46N10O7. The zero-order valence-corrected chi connectivity index (χ0v) is 28.0. The molecule has 0 aromatic heterocycles. The summed E-state index contributed by atoms with van der Waals surface area (Å²) in [6, 6.07) is 12.2. The van der Waals surface area contributed by atoms with Crippen molar-refractivity contribution in [2.24, 2.45) is 23.1 Å². The first-order valence-corrected chi connectivity index (χ1v) is 15.9. The fraction of sp³-hybridized carbons (Fsp3) is 0.394. The Bertz CT molecular complexity index is 1500. The minimum atomic E-state index is -1.54. The number of hydrogen-bond donors (Lipinski definition) is 10. The number of amides is 7. The molecule has 0 bridgehead atoms. The Kier molecular flexibility index (Phi) is 16.4. The van der Waals surface area contributed by atoms with E-state index in [1.54, 1.807) is 74.5 Å². The number of carbonyl (C=O) groups is 7. The Morgan fingerprint density at radius 2 is 1.28 bits per heavy atom. The highest BCUT2D eigenvalue weighted by molar-refractivity contribution is 5.99. The van der Waals surface area contributed by atoms with Crippen molar-refractivity contribution < 1.29 is 33.6 Å². The maximum Gasteiger partial charge on any atom is 0.251 e. The van der Waals surface area contributed by atoms with Gasteiger partial charge in [0.15, 0.2) is 5.96 Å². The Morgan fingerprint density at radius 1 is 0.700 bits per heavy atom. The van der Waals surface area contributed by atoms with Crippen LogP contribution in [0.2, 0.25) is 0 Å². The summed E-state index contributed by atoms with van der Waals surface area (Å²) in [5.74, 6) is -6.13. The van der Waals surface area contributed by atoms with Crippen LogP contribution >= 0.6 is 0 Å².